The van der Waals surface area contributed by atoms with E-state index in [9.17, 15) is 4.79 Å². The molecule has 2 heterocycles. The Bertz CT molecular complexity index is 906. The molecule has 1 aliphatic rings. The number of hydrogen-bond donors (Lipinski definition) is 1. The molecular weight excluding hydrogens is 328 g/mol. The van der Waals surface area contributed by atoms with Crippen LogP contribution in [0.3, 0.4) is 0 Å². The monoisotopic (exact) mass is 348 g/mol. The van der Waals surface area contributed by atoms with Gasteiger partial charge in [-0.05, 0) is 30.3 Å². The van der Waals surface area contributed by atoms with Crippen molar-refractivity contribution < 1.29 is 13.9 Å². The number of anilines is 2. The van der Waals surface area contributed by atoms with Crippen molar-refractivity contribution in [3.63, 3.8) is 0 Å². The minimum atomic E-state index is -0.189. The molecule has 0 aliphatic carbocycles. The van der Waals surface area contributed by atoms with Gasteiger partial charge in [-0.2, -0.15) is 0 Å². The maximum absolute atomic E-state index is 12.4. The minimum absolute atomic E-state index is 0.189. The van der Waals surface area contributed by atoms with E-state index < -0.39 is 0 Å². The van der Waals surface area contributed by atoms with Crippen molar-refractivity contribution in [1.82, 2.24) is 0 Å². The van der Waals surface area contributed by atoms with Crippen LogP contribution in [0.4, 0.5) is 11.4 Å². The number of furan rings is 1. The molecule has 26 heavy (non-hydrogen) atoms. The Balaban J connectivity index is 1.47. The highest BCUT2D eigenvalue weighted by molar-refractivity contribution is 6.03. The molecule has 2 aromatic carbocycles. The number of nitrogens with zero attached hydrogens (tertiary/aromatic N) is 1. The average molecular weight is 348 g/mol. The molecule has 1 aliphatic heterocycles. The summed E-state index contributed by atoms with van der Waals surface area (Å²) in [7, 11) is 0. The fourth-order valence-corrected chi connectivity index (χ4v) is 3.08. The third-order valence-corrected chi connectivity index (χ3v) is 4.36. The summed E-state index contributed by atoms with van der Waals surface area (Å²) in [4.78, 5) is 14.6. The van der Waals surface area contributed by atoms with Gasteiger partial charge in [0.2, 0.25) is 5.91 Å². The Labute approximate surface area is 151 Å². The smallest absolute Gasteiger partial charge is 0.248 e. The van der Waals surface area contributed by atoms with Gasteiger partial charge in [-0.1, -0.05) is 30.3 Å². The van der Waals surface area contributed by atoms with E-state index in [0.29, 0.717) is 19.0 Å². The fraction of sp³-hybridized carbons (Fsp3) is 0.190. The van der Waals surface area contributed by atoms with Gasteiger partial charge in [-0.3, -0.25) is 4.79 Å². The summed E-state index contributed by atoms with van der Waals surface area (Å²) in [6.45, 7) is 3.05. The highest BCUT2D eigenvalue weighted by Crippen LogP contribution is 2.26. The van der Waals surface area contributed by atoms with Crippen molar-refractivity contribution in [2.45, 2.75) is 0 Å². The first kappa shape index (κ1) is 16.4. The Kier molecular flexibility index (Phi) is 4.71. The quantitative estimate of drug-likeness (QED) is 0.726. The van der Waals surface area contributed by atoms with E-state index in [2.05, 4.69) is 10.2 Å². The van der Waals surface area contributed by atoms with Crippen molar-refractivity contribution in [2.24, 2.45) is 0 Å². The van der Waals surface area contributed by atoms with E-state index in [0.717, 1.165) is 35.4 Å². The third kappa shape index (κ3) is 3.63. The average Bonchev–Trinajstić information content (AvgIpc) is 3.11. The molecule has 1 saturated heterocycles. The summed E-state index contributed by atoms with van der Waals surface area (Å²) in [6, 6.07) is 17.5. The zero-order chi connectivity index (χ0) is 17.8. The molecule has 0 bridgehead atoms. The third-order valence-electron chi connectivity index (χ3n) is 4.36. The van der Waals surface area contributed by atoms with Crippen LogP contribution >= 0.6 is 0 Å². The molecule has 0 saturated carbocycles. The van der Waals surface area contributed by atoms with Gasteiger partial charge < -0.3 is 19.4 Å². The number of ether oxygens (including phenoxy) is 1. The van der Waals surface area contributed by atoms with Gasteiger partial charge in [-0.15, -0.1) is 0 Å². The van der Waals surface area contributed by atoms with Crippen molar-refractivity contribution >= 4 is 34.3 Å². The van der Waals surface area contributed by atoms with Crippen molar-refractivity contribution in [2.75, 3.05) is 36.5 Å². The van der Waals surface area contributed by atoms with Gasteiger partial charge in [0.1, 0.15) is 11.3 Å². The normalized spacial score (nSPS) is 14.8. The Hall–Kier alpha value is -3.05. The van der Waals surface area contributed by atoms with Crippen LogP contribution in [-0.4, -0.2) is 32.2 Å². The van der Waals surface area contributed by atoms with Crippen LogP contribution < -0.4 is 10.2 Å². The highest BCUT2D eigenvalue weighted by atomic mass is 16.5. The number of morpholine rings is 1. The summed E-state index contributed by atoms with van der Waals surface area (Å²) in [5.41, 5.74) is 2.63. The van der Waals surface area contributed by atoms with Gasteiger partial charge in [0.05, 0.1) is 24.6 Å². The molecule has 1 fully saturated rings. The molecule has 0 spiro atoms. The molecule has 5 nitrogen and oxygen atoms in total. The summed E-state index contributed by atoms with van der Waals surface area (Å²) >= 11 is 0. The Morgan fingerprint density at radius 2 is 1.81 bits per heavy atom. The number of rotatable bonds is 4. The number of fused-ring (bicyclic) bond motifs is 1. The van der Waals surface area contributed by atoms with Crippen molar-refractivity contribution in [3.8, 4) is 0 Å². The van der Waals surface area contributed by atoms with E-state index >= 15 is 0 Å². The van der Waals surface area contributed by atoms with Gasteiger partial charge in [0.15, 0.2) is 0 Å². The molecule has 1 aromatic heterocycles. The standard InChI is InChI=1S/C21H20N2O3/c24-21(10-9-17-15-16-5-1-4-8-20(16)26-17)22-18-6-2-3-7-19(18)23-11-13-25-14-12-23/h1-10,15H,11-14H2,(H,22,24)/b10-9+. The lowest BCUT2D eigenvalue weighted by atomic mass is 10.2. The Morgan fingerprint density at radius 1 is 1.04 bits per heavy atom. The first-order valence-corrected chi connectivity index (χ1v) is 8.69. The number of benzene rings is 2. The van der Waals surface area contributed by atoms with Gasteiger partial charge in [0.25, 0.3) is 0 Å². The predicted octanol–water partition coefficient (Wildman–Crippen LogP) is 3.92. The molecule has 4 rings (SSSR count). The molecular formula is C21H20N2O3. The topological polar surface area (TPSA) is 54.7 Å². The summed E-state index contributed by atoms with van der Waals surface area (Å²) in [6.07, 6.45) is 3.18. The van der Waals surface area contributed by atoms with E-state index in [1.54, 1.807) is 6.08 Å². The molecule has 0 unspecified atom stereocenters. The van der Waals surface area contributed by atoms with Gasteiger partial charge in [-0.25, -0.2) is 0 Å². The minimum Gasteiger partial charge on any atom is -0.457 e. The second-order valence-electron chi connectivity index (χ2n) is 6.13. The summed E-state index contributed by atoms with van der Waals surface area (Å²) in [5.74, 6) is 0.467. The first-order chi connectivity index (χ1) is 12.8. The number of carbonyl (C=O) groups is 1. The van der Waals surface area contributed by atoms with E-state index in [1.165, 1.54) is 6.08 Å². The maximum atomic E-state index is 12.4. The van der Waals surface area contributed by atoms with Crippen LogP contribution in [0.25, 0.3) is 17.0 Å². The van der Waals surface area contributed by atoms with E-state index in [-0.39, 0.29) is 5.91 Å². The van der Waals surface area contributed by atoms with Crippen LogP contribution in [0.2, 0.25) is 0 Å². The molecule has 132 valence electrons. The molecule has 3 aromatic rings. The van der Waals surface area contributed by atoms with E-state index in [1.807, 2.05) is 54.6 Å². The lowest BCUT2D eigenvalue weighted by molar-refractivity contribution is -0.111. The fourth-order valence-electron chi connectivity index (χ4n) is 3.08. The highest BCUT2D eigenvalue weighted by Gasteiger charge is 2.15. The van der Waals surface area contributed by atoms with Crippen molar-refractivity contribution in [3.05, 3.63) is 66.4 Å². The predicted molar refractivity (Wildman–Crippen MR) is 103 cm³/mol. The largest absolute Gasteiger partial charge is 0.457 e. The first-order valence-electron chi connectivity index (χ1n) is 8.69. The second kappa shape index (κ2) is 7.45. The number of carbonyl (C=O) groups excluding carboxylic acids is 1. The molecule has 0 atom stereocenters. The summed E-state index contributed by atoms with van der Waals surface area (Å²) < 4.78 is 11.1. The second-order valence-corrected chi connectivity index (χ2v) is 6.13. The summed E-state index contributed by atoms with van der Waals surface area (Å²) in [5, 5.41) is 3.98. The molecule has 1 N–H and O–H groups in total. The lowest BCUT2D eigenvalue weighted by Gasteiger charge is -2.30. The molecule has 5 heteroatoms. The van der Waals surface area contributed by atoms with Gasteiger partial charge >= 0.3 is 0 Å². The lowest BCUT2D eigenvalue weighted by Crippen LogP contribution is -2.36. The number of amides is 1. The van der Waals surface area contributed by atoms with Gasteiger partial charge in [0, 0.05) is 24.6 Å². The van der Waals surface area contributed by atoms with E-state index in [4.69, 9.17) is 9.15 Å². The van der Waals surface area contributed by atoms with Crippen LogP contribution in [0, 0.1) is 0 Å². The van der Waals surface area contributed by atoms with Crippen molar-refractivity contribution in [1.29, 1.82) is 0 Å². The van der Waals surface area contributed by atoms with Crippen LogP contribution in [0.5, 0.6) is 0 Å². The molecule has 0 radical (unpaired) electrons. The number of nitrogens with one attached hydrogen (secondary N) is 1. The number of para-hydroxylation sites is 3. The SMILES string of the molecule is O=C(/C=C/c1cc2ccccc2o1)Nc1ccccc1N1CCOCC1. The Morgan fingerprint density at radius 3 is 2.65 bits per heavy atom. The maximum Gasteiger partial charge on any atom is 0.248 e. The van der Waals surface area contributed by atoms with Crippen LogP contribution in [0.15, 0.2) is 65.1 Å². The molecule has 1 amide bonds. The van der Waals surface area contributed by atoms with Crippen LogP contribution in [-0.2, 0) is 9.53 Å². The zero-order valence-electron chi connectivity index (χ0n) is 14.4. The zero-order valence-corrected chi connectivity index (χ0v) is 14.4. The number of hydrogen-bond acceptors (Lipinski definition) is 4. The van der Waals surface area contributed by atoms with Crippen LogP contribution in [0.1, 0.15) is 5.76 Å².